The zero-order valence-corrected chi connectivity index (χ0v) is 6.66. The Morgan fingerprint density at radius 3 is 3.09 bits per heavy atom. The van der Waals surface area contributed by atoms with Crippen LogP contribution in [0.15, 0.2) is 12.4 Å². The minimum atomic E-state index is 0.476. The molecule has 1 saturated carbocycles. The highest BCUT2D eigenvalue weighted by molar-refractivity contribution is 5.13. The number of aromatic nitrogens is 2. The van der Waals surface area contributed by atoms with Gasteiger partial charge in [-0.1, -0.05) is 0 Å². The molecule has 1 aliphatic carbocycles. The Morgan fingerprint density at radius 2 is 2.55 bits per heavy atom. The topological polar surface area (TPSA) is 27.1 Å². The lowest BCUT2D eigenvalue weighted by Crippen LogP contribution is -1.95. The summed E-state index contributed by atoms with van der Waals surface area (Å²) in [5.41, 5.74) is 0. The number of hydrogen-bond donors (Lipinski definition) is 0. The van der Waals surface area contributed by atoms with Crippen LogP contribution in [0.25, 0.3) is 0 Å². The molecule has 0 saturated heterocycles. The third kappa shape index (κ3) is 1.53. The van der Waals surface area contributed by atoms with Gasteiger partial charge in [0, 0.05) is 6.54 Å². The van der Waals surface area contributed by atoms with Crippen LogP contribution in [-0.4, -0.2) is 15.9 Å². The van der Waals surface area contributed by atoms with E-state index < -0.39 is 0 Å². The van der Waals surface area contributed by atoms with Gasteiger partial charge in [0.05, 0.1) is 18.5 Å². The van der Waals surface area contributed by atoms with E-state index in [9.17, 15) is 0 Å². The Morgan fingerprint density at radius 1 is 1.73 bits per heavy atom. The molecule has 0 N–H and O–H groups in total. The molecule has 1 heterocycles. The largest absolute Gasteiger partial charge is 0.487 e. The van der Waals surface area contributed by atoms with Crippen LogP contribution < -0.4 is 4.74 Å². The SMILES string of the molecule is CCn1cc(OC2CC2)cn1. The number of nitrogens with zero attached hydrogens (tertiary/aromatic N) is 2. The first-order valence-electron chi connectivity index (χ1n) is 4.07. The van der Waals surface area contributed by atoms with Crippen LogP contribution in [0.1, 0.15) is 19.8 Å². The van der Waals surface area contributed by atoms with Gasteiger partial charge in [-0.3, -0.25) is 4.68 Å². The average molecular weight is 152 g/mol. The van der Waals surface area contributed by atoms with Crippen molar-refractivity contribution in [3.05, 3.63) is 12.4 Å². The quantitative estimate of drug-likeness (QED) is 0.655. The smallest absolute Gasteiger partial charge is 0.157 e. The first kappa shape index (κ1) is 6.70. The van der Waals surface area contributed by atoms with Crippen molar-refractivity contribution >= 4 is 0 Å². The van der Waals surface area contributed by atoms with Crippen LogP contribution in [0.2, 0.25) is 0 Å². The summed E-state index contributed by atoms with van der Waals surface area (Å²) < 4.78 is 7.40. The zero-order valence-electron chi connectivity index (χ0n) is 6.66. The summed E-state index contributed by atoms with van der Waals surface area (Å²) in [6, 6.07) is 0. The summed E-state index contributed by atoms with van der Waals surface area (Å²) in [4.78, 5) is 0. The van der Waals surface area contributed by atoms with E-state index in [-0.39, 0.29) is 0 Å². The fourth-order valence-electron chi connectivity index (χ4n) is 0.957. The summed E-state index contributed by atoms with van der Waals surface area (Å²) in [7, 11) is 0. The van der Waals surface area contributed by atoms with E-state index in [2.05, 4.69) is 12.0 Å². The molecule has 1 aromatic rings. The second kappa shape index (κ2) is 2.57. The Labute approximate surface area is 66.0 Å². The number of rotatable bonds is 3. The van der Waals surface area contributed by atoms with Crippen LogP contribution in [0, 0.1) is 0 Å². The second-order valence-corrected chi connectivity index (χ2v) is 2.85. The molecule has 1 aromatic heterocycles. The maximum Gasteiger partial charge on any atom is 0.157 e. The molecule has 3 heteroatoms. The van der Waals surface area contributed by atoms with Crippen molar-refractivity contribution in [2.24, 2.45) is 0 Å². The highest BCUT2D eigenvalue weighted by Gasteiger charge is 2.23. The lowest BCUT2D eigenvalue weighted by atomic mass is 10.6. The van der Waals surface area contributed by atoms with Crippen LogP contribution in [0.3, 0.4) is 0 Å². The third-order valence-electron chi connectivity index (χ3n) is 1.76. The fourth-order valence-corrected chi connectivity index (χ4v) is 0.957. The summed E-state index contributed by atoms with van der Waals surface area (Å²) in [5, 5.41) is 4.11. The van der Waals surface area contributed by atoms with E-state index in [1.54, 1.807) is 6.20 Å². The summed E-state index contributed by atoms with van der Waals surface area (Å²) in [6.07, 6.45) is 6.61. The molecular weight excluding hydrogens is 140 g/mol. The van der Waals surface area contributed by atoms with Crippen LogP contribution >= 0.6 is 0 Å². The molecule has 0 aliphatic heterocycles. The number of aryl methyl sites for hydroxylation is 1. The van der Waals surface area contributed by atoms with Crippen molar-refractivity contribution < 1.29 is 4.74 Å². The first-order valence-corrected chi connectivity index (χ1v) is 4.07. The van der Waals surface area contributed by atoms with Gasteiger partial charge in [0.1, 0.15) is 0 Å². The Balaban J connectivity index is 1.99. The third-order valence-corrected chi connectivity index (χ3v) is 1.76. The van der Waals surface area contributed by atoms with Crippen molar-refractivity contribution in [1.82, 2.24) is 9.78 Å². The van der Waals surface area contributed by atoms with Crippen molar-refractivity contribution in [2.45, 2.75) is 32.4 Å². The molecule has 0 aromatic carbocycles. The van der Waals surface area contributed by atoms with Crippen LogP contribution in [0.4, 0.5) is 0 Å². The molecule has 2 rings (SSSR count). The molecule has 1 aliphatic rings. The average Bonchev–Trinajstić information content (AvgIpc) is 2.68. The Kier molecular flexibility index (Phi) is 1.56. The van der Waals surface area contributed by atoms with Crippen molar-refractivity contribution in [3.8, 4) is 5.75 Å². The maximum absolute atomic E-state index is 5.52. The molecule has 60 valence electrons. The van der Waals surface area contributed by atoms with Gasteiger partial charge < -0.3 is 4.74 Å². The summed E-state index contributed by atoms with van der Waals surface area (Å²) in [6.45, 7) is 2.97. The van der Waals surface area contributed by atoms with Gasteiger partial charge in [0.2, 0.25) is 0 Å². The first-order chi connectivity index (χ1) is 5.38. The predicted molar refractivity (Wildman–Crippen MR) is 41.6 cm³/mol. The van der Waals surface area contributed by atoms with Crippen LogP contribution in [0.5, 0.6) is 5.75 Å². The molecule has 3 nitrogen and oxygen atoms in total. The van der Waals surface area contributed by atoms with Gasteiger partial charge in [-0.15, -0.1) is 0 Å². The van der Waals surface area contributed by atoms with Gasteiger partial charge in [0.15, 0.2) is 5.75 Å². The van der Waals surface area contributed by atoms with Crippen molar-refractivity contribution in [1.29, 1.82) is 0 Å². The molecule has 0 bridgehead atoms. The Bertz CT molecular complexity index is 240. The highest BCUT2D eigenvalue weighted by Crippen LogP contribution is 2.25. The van der Waals surface area contributed by atoms with E-state index in [1.807, 2.05) is 10.9 Å². The van der Waals surface area contributed by atoms with Crippen LogP contribution in [-0.2, 0) is 6.54 Å². The lowest BCUT2D eigenvalue weighted by Gasteiger charge is -1.97. The van der Waals surface area contributed by atoms with Gasteiger partial charge in [-0.2, -0.15) is 5.10 Å². The normalized spacial score (nSPS) is 16.8. The molecular formula is C8H12N2O. The molecule has 1 fully saturated rings. The minimum absolute atomic E-state index is 0.476. The van der Waals surface area contributed by atoms with E-state index >= 15 is 0 Å². The van der Waals surface area contributed by atoms with E-state index in [0.29, 0.717) is 6.10 Å². The van der Waals surface area contributed by atoms with Crippen molar-refractivity contribution in [3.63, 3.8) is 0 Å². The number of ether oxygens (including phenoxy) is 1. The second-order valence-electron chi connectivity index (χ2n) is 2.85. The fraction of sp³-hybridized carbons (Fsp3) is 0.625. The van der Waals surface area contributed by atoms with E-state index in [4.69, 9.17) is 4.74 Å². The molecule has 0 unspecified atom stereocenters. The maximum atomic E-state index is 5.52. The van der Waals surface area contributed by atoms with Gasteiger partial charge in [-0.25, -0.2) is 0 Å². The Hall–Kier alpha value is -0.990. The van der Waals surface area contributed by atoms with Gasteiger partial charge in [-0.05, 0) is 19.8 Å². The van der Waals surface area contributed by atoms with Crippen molar-refractivity contribution in [2.75, 3.05) is 0 Å². The highest BCUT2D eigenvalue weighted by atomic mass is 16.5. The van der Waals surface area contributed by atoms with E-state index in [0.717, 1.165) is 12.3 Å². The summed E-state index contributed by atoms with van der Waals surface area (Å²) >= 11 is 0. The van der Waals surface area contributed by atoms with E-state index in [1.165, 1.54) is 12.8 Å². The van der Waals surface area contributed by atoms with Gasteiger partial charge in [0.25, 0.3) is 0 Å². The minimum Gasteiger partial charge on any atom is -0.487 e. The predicted octanol–water partition coefficient (Wildman–Crippen LogP) is 1.44. The molecule has 11 heavy (non-hydrogen) atoms. The number of hydrogen-bond acceptors (Lipinski definition) is 2. The standard InChI is InChI=1S/C8H12N2O/c1-2-10-6-8(5-9-10)11-7-3-4-7/h5-7H,2-4H2,1H3. The molecule has 0 amide bonds. The zero-order chi connectivity index (χ0) is 7.68. The summed E-state index contributed by atoms with van der Waals surface area (Å²) in [5.74, 6) is 0.911. The molecule has 0 atom stereocenters. The van der Waals surface area contributed by atoms with Gasteiger partial charge >= 0.3 is 0 Å². The molecule has 0 spiro atoms. The lowest BCUT2D eigenvalue weighted by molar-refractivity contribution is 0.303. The monoisotopic (exact) mass is 152 g/mol. The molecule has 0 radical (unpaired) electrons.